The zero-order valence-corrected chi connectivity index (χ0v) is 13.7. The lowest BCUT2D eigenvalue weighted by Crippen LogP contribution is -2.23. The summed E-state index contributed by atoms with van der Waals surface area (Å²) in [7, 11) is 0. The van der Waals surface area contributed by atoms with E-state index in [2.05, 4.69) is 29.2 Å². The fourth-order valence-corrected chi connectivity index (χ4v) is 2.99. The molecule has 1 aliphatic heterocycles. The first kappa shape index (κ1) is 16.7. The van der Waals surface area contributed by atoms with Crippen LogP contribution in [-0.2, 0) is 17.7 Å². The number of ether oxygens (including phenoxy) is 1. The Morgan fingerprint density at radius 2 is 2.12 bits per heavy atom. The normalized spacial score (nSPS) is 18.1. The average molecular weight is 329 g/mol. The Balaban J connectivity index is 1.37. The summed E-state index contributed by atoms with van der Waals surface area (Å²) in [4.78, 5) is 13.6. The lowest BCUT2D eigenvalue weighted by atomic mass is 10.1. The third-order valence-corrected chi connectivity index (χ3v) is 4.28. The van der Waals surface area contributed by atoms with E-state index in [1.807, 2.05) is 6.07 Å². The smallest absolute Gasteiger partial charge is 0.226 e. The van der Waals surface area contributed by atoms with Crippen LogP contribution < -0.4 is 5.43 Å². The molecular formula is C19H23NO4. The molecule has 0 bridgehead atoms. The molecule has 0 radical (unpaired) electrons. The minimum absolute atomic E-state index is 0.240. The van der Waals surface area contributed by atoms with Gasteiger partial charge in [-0.1, -0.05) is 30.3 Å². The van der Waals surface area contributed by atoms with Crippen molar-refractivity contribution in [2.24, 2.45) is 0 Å². The summed E-state index contributed by atoms with van der Waals surface area (Å²) in [6.07, 6.45) is 4.40. The maximum Gasteiger partial charge on any atom is 0.226 e. The van der Waals surface area contributed by atoms with Crippen LogP contribution in [0, 0.1) is 0 Å². The topological polar surface area (TPSA) is 62.9 Å². The summed E-state index contributed by atoms with van der Waals surface area (Å²) in [5.41, 5.74) is 0.945. The van der Waals surface area contributed by atoms with Gasteiger partial charge in [0, 0.05) is 25.8 Å². The first-order valence-corrected chi connectivity index (χ1v) is 8.39. The molecular weight excluding hydrogens is 306 g/mol. The number of aromatic hydroxyl groups is 1. The molecule has 0 aliphatic carbocycles. The van der Waals surface area contributed by atoms with Gasteiger partial charge in [0.2, 0.25) is 5.43 Å². The number of nitrogens with zero attached hydrogens (tertiary/aromatic N) is 1. The van der Waals surface area contributed by atoms with Gasteiger partial charge in [0.15, 0.2) is 5.75 Å². The number of benzene rings is 1. The summed E-state index contributed by atoms with van der Waals surface area (Å²) in [6.45, 7) is 3.10. The van der Waals surface area contributed by atoms with Gasteiger partial charge in [-0.2, -0.15) is 0 Å². The van der Waals surface area contributed by atoms with Gasteiger partial charge >= 0.3 is 0 Å². The molecule has 1 fully saturated rings. The van der Waals surface area contributed by atoms with Gasteiger partial charge in [-0.05, 0) is 24.8 Å². The van der Waals surface area contributed by atoms with Crippen molar-refractivity contribution < 1.29 is 14.3 Å². The molecule has 0 amide bonds. The van der Waals surface area contributed by atoms with Crippen molar-refractivity contribution in [3.05, 3.63) is 64.2 Å². The van der Waals surface area contributed by atoms with Crippen LogP contribution in [0.3, 0.4) is 0 Å². The highest BCUT2D eigenvalue weighted by Crippen LogP contribution is 2.16. The van der Waals surface area contributed by atoms with Crippen molar-refractivity contribution in [2.75, 3.05) is 19.7 Å². The number of aryl methyl sites for hydroxylation is 1. The Morgan fingerprint density at radius 3 is 2.92 bits per heavy atom. The molecule has 0 spiro atoms. The molecule has 0 saturated carbocycles. The maximum atomic E-state index is 11.4. The minimum Gasteiger partial charge on any atom is -0.502 e. The molecule has 128 valence electrons. The van der Waals surface area contributed by atoms with E-state index in [1.54, 1.807) is 0 Å². The predicted molar refractivity (Wildman–Crippen MR) is 91.0 cm³/mol. The number of hydrogen-bond donors (Lipinski definition) is 1. The number of rotatable bonds is 7. The van der Waals surface area contributed by atoms with E-state index in [4.69, 9.17) is 9.15 Å². The molecule has 1 aliphatic rings. The van der Waals surface area contributed by atoms with Crippen molar-refractivity contribution in [3.8, 4) is 5.75 Å². The Morgan fingerprint density at radius 1 is 1.29 bits per heavy atom. The second-order valence-electron chi connectivity index (χ2n) is 6.20. The molecule has 2 aromatic rings. The van der Waals surface area contributed by atoms with Crippen LogP contribution in [0.2, 0.25) is 0 Å². The van der Waals surface area contributed by atoms with Gasteiger partial charge < -0.3 is 14.3 Å². The van der Waals surface area contributed by atoms with E-state index < -0.39 is 5.43 Å². The molecule has 5 nitrogen and oxygen atoms in total. The molecule has 1 aromatic heterocycles. The van der Waals surface area contributed by atoms with Crippen molar-refractivity contribution in [1.82, 2.24) is 4.90 Å². The average Bonchev–Trinajstić information content (AvgIpc) is 3.03. The highest BCUT2D eigenvalue weighted by atomic mass is 16.5. The van der Waals surface area contributed by atoms with E-state index in [1.165, 1.54) is 11.6 Å². The maximum absolute atomic E-state index is 11.4. The quantitative estimate of drug-likeness (QED) is 0.791. The third kappa shape index (κ3) is 4.69. The fraction of sp³-hybridized carbons (Fsp3) is 0.421. The second kappa shape index (κ2) is 8.13. The summed E-state index contributed by atoms with van der Waals surface area (Å²) < 4.78 is 11.2. The number of hydrogen-bond acceptors (Lipinski definition) is 5. The molecule has 1 aromatic carbocycles. The summed E-state index contributed by atoms with van der Waals surface area (Å²) in [6, 6.07) is 11.8. The Labute approximate surface area is 141 Å². The van der Waals surface area contributed by atoms with Gasteiger partial charge in [-0.25, -0.2) is 0 Å². The zero-order chi connectivity index (χ0) is 16.8. The van der Waals surface area contributed by atoms with Crippen LogP contribution in [0.15, 0.2) is 51.9 Å². The first-order chi connectivity index (χ1) is 11.7. The van der Waals surface area contributed by atoms with Crippen LogP contribution in [0.5, 0.6) is 5.75 Å². The third-order valence-electron chi connectivity index (χ3n) is 4.28. The van der Waals surface area contributed by atoms with E-state index in [-0.39, 0.29) is 11.9 Å². The highest BCUT2D eigenvalue weighted by Gasteiger charge is 2.23. The summed E-state index contributed by atoms with van der Waals surface area (Å²) >= 11 is 0. The molecule has 2 heterocycles. The van der Waals surface area contributed by atoms with Gasteiger partial charge in [0.25, 0.3) is 0 Å². The van der Waals surface area contributed by atoms with Gasteiger partial charge in [-0.15, -0.1) is 0 Å². The van der Waals surface area contributed by atoms with Crippen molar-refractivity contribution in [2.45, 2.75) is 31.9 Å². The van der Waals surface area contributed by atoms with Crippen molar-refractivity contribution in [1.29, 1.82) is 0 Å². The van der Waals surface area contributed by atoms with Crippen LogP contribution in [0.25, 0.3) is 0 Å². The van der Waals surface area contributed by atoms with Crippen LogP contribution >= 0.6 is 0 Å². The number of likely N-dealkylation sites (tertiary alicyclic amines) is 1. The molecule has 1 N–H and O–H groups in total. The van der Waals surface area contributed by atoms with Gasteiger partial charge in [0.1, 0.15) is 12.0 Å². The van der Waals surface area contributed by atoms with E-state index >= 15 is 0 Å². The largest absolute Gasteiger partial charge is 0.502 e. The second-order valence-corrected chi connectivity index (χ2v) is 6.20. The molecule has 24 heavy (non-hydrogen) atoms. The summed E-state index contributed by atoms with van der Waals surface area (Å²) in [5.74, 6) is 0.224. The van der Waals surface area contributed by atoms with Gasteiger partial charge in [-0.3, -0.25) is 9.69 Å². The van der Waals surface area contributed by atoms with E-state index in [0.717, 1.165) is 45.2 Å². The van der Waals surface area contributed by atoms with Gasteiger partial charge in [0.05, 0.1) is 12.6 Å². The van der Waals surface area contributed by atoms with E-state index in [0.29, 0.717) is 12.3 Å². The van der Waals surface area contributed by atoms with Crippen LogP contribution in [0.1, 0.15) is 24.2 Å². The zero-order valence-electron chi connectivity index (χ0n) is 13.7. The lowest BCUT2D eigenvalue weighted by molar-refractivity contribution is 0.0565. The Bertz CT molecular complexity index is 698. The summed E-state index contributed by atoms with van der Waals surface area (Å²) in [5, 5.41) is 9.21. The molecule has 1 saturated heterocycles. The molecule has 1 atom stereocenters. The van der Waals surface area contributed by atoms with Crippen LogP contribution in [0.4, 0.5) is 0 Å². The standard InChI is InChI=1S/C19H23NO4/c21-18-11-17(24-14-19(18)22)13-20-9-8-16(12-20)23-10-4-7-15-5-2-1-3-6-15/h1-3,5-6,11,14,16,22H,4,7-10,12-13H2/t16-/m1/s1. The minimum atomic E-state index is -0.399. The lowest BCUT2D eigenvalue weighted by Gasteiger charge is -2.15. The molecule has 0 unspecified atom stereocenters. The fourth-order valence-electron chi connectivity index (χ4n) is 2.99. The first-order valence-electron chi connectivity index (χ1n) is 8.39. The predicted octanol–water partition coefficient (Wildman–Crippen LogP) is 2.57. The van der Waals surface area contributed by atoms with Crippen molar-refractivity contribution in [3.63, 3.8) is 0 Å². The monoisotopic (exact) mass is 329 g/mol. The SMILES string of the molecule is O=c1cc(CN2CC[C@@H](OCCCc3ccccc3)C2)occ1O. The van der Waals surface area contributed by atoms with Crippen LogP contribution in [-0.4, -0.2) is 35.8 Å². The Hall–Kier alpha value is -2.11. The van der Waals surface area contributed by atoms with Crippen molar-refractivity contribution >= 4 is 0 Å². The molecule has 5 heteroatoms. The highest BCUT2D eigenvalue weighted by molar-refractivity contribution is 5.15. The Kier molecular flexibility index (Phi) is 5.67. The van der Waals surface area contributed by atoms with E-state index in [9.17, 15) is 9.90 Å². The molecule has 3 rings (SSSR count).